The molecule has 6 heteroatoms. The molecule has 0 aromatic heterocycles. The molecular weight excluding hydrogens is 829 g/mol. The minimum absolute atomic E-state index is 0.0919. The van der Waals surface area contributed by atoms with Crippen LogP contribution >= 0.6 is 0 Å². The third-order valence-corrected chi connectivity index (χ3v) is 11.9. The molecule has 0 aliphatic heterocycles. The van der Waals surface area contributed by atoms with Gasteiger partial charge in [-0.3, -0.25) is 14.4 Å². The van der Waals surface area contributed by atoms with Gasteiger partial charge in [0.2, 0.25) is 0 Å². The molecule has 0 N–H and O–H groups in total. The van der Waals surface area contributed by atoms with Crippen molar-refractivity contribution in [2.45, 2.75) is 271 Å². The molecular formula is C61H104O6. The van der Waals surface area contributed by atoms with E-state index in [0.29, 0.717) is 19.3 Å². The predicted octanol–water partition coefficient (Wildman–Crippen LogP) is 18.8. The lowest BCUT2D eigenvalue weighted by Gasteiger charge is -2.18. The molecule has 6 nitrogen and oxygen atoms in total. The fraction of sp³-hybridized carbons (Fsp3) is 0.721. The first kappa shape index (κ1) is 63.6. The van der Waals surface area contributed by atoms with Crippen molar-refractivity contribution >= 4 is 17.9 Å². The molecule has 0 saturated carbocycles. The van der Waals surface area contributed by atoms with Crippen molar-refractivity contribution in [1.29, 1.82) is 0 Å². The van der Waals surface area contributed by atoms with Gasteiger partial charge in [0.05, 0.1) is 0 Å². The number of allylic oxidation sites excluding steroid dienone is 14. The average molecular weight is 933 g/mol. The Hall–Kier alpha value is -3.41. The first-order valence-electron chi connectivity index (χ1n) is 28.1. The van der Waals surface area contributed by atoms with Gasteiger partial charge in [-0.05, 0) is 96.3 Å². The van der Waals surface area contributed by atoms with Crippen LogP contribution in [0.3, 0.4) is 0 Å². The van der Waals surface area contributed by atoms with Crippen molar-refractivity contribution in [3.8, 4) is 0 Å². The maximum absolute atomic E-state index is 12.8. The largest absolute Gasteiger partial charge is 0.462 e. The molecule has 0 heterocycles. The van der Waals surface area contributed by atoms with Crippen molar-refractivity contribution in [3.63, 3.8) is 0 Å². The zero-order chi connectivity index (χ0) is 48.6. The van der Waals surface area contributed by atoms with Crippen LogP contribution in [0.1, 0.15) is 265 Å². The van der Waals surface area contributed by atoms with E-state index in [9.17, 15) is 14.4 Å². The summed E-state index contributed by atoms with van der Waals surface area (Å²) >= 11 is 0. The highest BCUT2D eigenvalue weighted by molar-refractivity contribution is 5.71. The number of rotatable bonds is 50. The van der Waals surface area contributed by atoms with E-state index in [1.54, 1.807) is 0 Å². The van der Waals surface area contributed by atoms with Crippen LogP contribution < -0.4 is 0 Å². The fourth-order valence-corrected chi connectivity index (χ4v) is 7.68. The third-order valence-electron chi connectivity index (χ3n) is 11.9. The zero-order valence-corrected chi connectivity index (χ0v) is 43.9. The van der Waals surface area contributed by atoms with Crippen LogP contribution in [-0.2, 0) is 28.6 Å². The van der Waals surface area contributed by atoms with Crippen molar-refractivity contribution in [3.05, 3.63) is 85.1 Å². The van der Waals surface area contributed by atoms with Gasteiger partial charge in [0.15, 0.2) is 6.10 Å². The summed E-state index contributed by atoms with van der Waals surface area (Å²) < 4.78 is 16.8. The first-order chi connectivity index (χ1) is 33.0. The summed E-state index contributed by atoms with van der Waals surface area (Å²) in [7, 11) is 0. The van der Waals surface area contributed by atoms with E-state index in [1.807, 2.05) is 0 Å². The molecule has 67 heavy (non-hydrogen) atoms. The number of hydrogen-bond donors (Lipinski definition) is 0. The quantitative estimate of drug-likeness (QED) is 0.0262. The summed E-state index contributed by atoms with van der Waals surface area (Å²) in [6, 6.07) is 0. The van der Waals surface area contributed by atoms with Crippen LogP contribution in [-0.4, -0.2) is 37.2 Å². The smallest absolute Gasteiger partial charge is 0.306 e. The summed E-state index contributed by atoms with van der Waals surface area (Å²) in [5.41, 5.74) is 0. The third kappa shape index (κ3) is 53.4. The fourth-order valence-electron chi connectivity index (χ4n) is 7.68. The molecule has 0 aromatic rings. The Morgan fingerprint density at radius 2 is 0.582 bits per heavy atom. The maximum Gasteiger partial charge on any atom is 0.306 e. The van der Waals surface area contributed by atoms with Gasteiger partial charge in [0, 0.05) is 19.3 Å². The Bertz CT molecular complexity index is 1300. The van der Waals surface area contributed by atoms with Crippen molar-refractivity contribution in [2.24, 2.45) is 0 Å². The van der Waals surface area contributed by atoms with E-state index in [1.165, 1.54) is 116 Å². The van der Waals surface area contributed by atoms with Gasteiger partial charge in [0.25, 0.3) is 0 Å². The van der Waals surface area contributed by atoms with E-state index in [2.05, 4.69) is 106 Å². The predicted molar refractivity (Wildman–Crippen MR) is 288 cm³/mol. The number of hydrogen-bond acceptors (Lipinski definition) is 6. The van der Waals surface area contributed by atoms with Gasteiger partial charge < -0.3 is 14.2 Å². The number of esters is 3. The summed E-state index contributed by atoms with van der Waals surface area (Å²) in [6.07, 6.45) is 71.4. The Morgan fingerprint density at radius 1 is 0.313 bits per heavy atom. The highest BCUT2D eigenvalue weighted by Gasteiger charge is 2.19. The van der Waals surface area contributed by atoms with Crippen molar-refractivity contribution in [1.82, 2.24) is 0 Å². The Labute approximate surface area is 414 Å². The van der Waals surface area contributed by atoms with Crippen LogP contribution in [0.5, 0.6) is 0 Å². The zero-order valence-electron chi connectivity index (χ0n) is 43.9. The minimum atomic E-state index is -0.797. The second kappa shape index (κ2) is 55.2. The molecule has 0 bridgehead atoms. The van der Waals surface area contributed by atoms with Crippen LogP contribution in [0.2, 0.25) is 0 Å². The van der Waals surface area contributed by atoms with E-state index in [4.69, 9.17) is 14.2 Å². The number of unbranched alkanes of at least 4 members (excludes halogenated alkanes) is 25. The van der Waals surface area contributed by atoms with Crippen LogP contribution in [0.4, 0.5) is 0 Å². The molecule has 0 aliphatic rings. The van der Waals surface area contributed by atoms with Gasteiger partial charge >= 0.3 is 17.9 Å². The van der Waals surface area contributed by atoms with E-state index >= 15 is 0 Å². The molecule has 0 rings (SSSR count). The van der Waals surface area contributed by atoms with Crippen LogP contribution in [0.15, 0.2) is 85.1 Å². The van der Waals surface area contributed by atoms with Crippen LogP contribution in [0, 0.1) is 0 Å². The topological polar surface area (TPSA) is 78.9 Å². The Balaban J connectivity index is 4.45. The first-order valence-corrected chi connectivity index (χ1v) is 28.1. The van der Waals surface area contributed by atoms with Gasteiger partial charge in [-0.2, -0.15) is 0 Å². The molecule has 384 valence electrons. The summed E-state index contributed by atoms with van der Waals surface area (Å²) in [5, 5.41) is 0. The summed E-state index contributed by atoms with van der Waals surface area (Å²) in [6.45, 7) is 6.49. The molecule has 0 radical (unpaired) electrons. The van der Waals surface area contributed by atoms with E-state index < -0.39 is 6.10 Å². The Morgan fingerprint density at radius 3 is 0.955 bits per heavy atom. The number of ether oxygens (including phenoxy) is 3. The van der Waals surface area contributed by atoms with E-state index in [0.717, 1.165) is 109 Å². The molecule has 0 aromatic carbocycles. The molecule has 0 aliphatic carbocycles. The standard InChI is InChI=1S/C61H104O6/c1-4-7-10-13-16-19-22-25-27-28-29-30-31-32-34-36-39-42-45-48-51-54-60(63)66-57-58(56-65-59(62)53-50-47-44-41-38-35-24-21-18-15-12-9-6-3)67-61(64)55-52-49-46-43-40-37-33-26-23-20-17-14-11-8-5-2/h7,10,16,19,25-27,29-30,32-34,39,42,58H,4-6,8-9,11-15,17-18,20-24,28,31,35-38,40-41,43-57H2,1-3H3/b10-7-,19-16-,27-25-,30-29-,33-26-,34-32-,42-39-. The SMILES string of the molecule is CC/C=C\C/C=C\C/C=C\C/C=C\C/C=C\C/C=C\CCCCC(=O)OCC(COC(=O)CCCCCCCCCCCCCCC)OC(=O)CCCCCCC/C=C\CCCCCCCC. The normalized spacial score (nSPS) is 12.7. The molecule has 0 amide bonds. The lowest BCUT2D eigenvalue weighted by molar-refractivity contribution is -0.167. The summed E-state index contributed by atoms with van der Waals surface area (Å²) in [4.78, 5) is 38.1. The number of carbonyl (C=O) groups excluding carboxylic acids is 3. The van der Waals surface area contributed by atoms with Gasteiger partial charge in [-0.15, -0.1) is 0 Å². The monoisotopic (exact) mass is 933 g/mol. The highest BCUT2D eigenvalue weighted by Crippen LogP contribution is 2.15. The second-order valence-electron chi connectivity index (χ2n) is 18.5. The van der Waals surface area contributed by atoms with Gasteiger partial charge in [-0.25, -0.2) is 0 Å². The lowest BCUT2D eigenvalue weighted by atomic mass is 10.0. The van der Waals surface area contributed by atoms with Crippen molar-refractivity contribution < 1.29 is 28.6 Å². The Kier molecular flexibility index (Phi) is 52.4. The van der Waals surface area contributed by atoms with E-state index in [-0.39, 0.29) is 31.1 Å². The summed E-state index contributed by atoms with van der Waals surface area (Å²) in [5.74, 6) is -0.941. The van der Waals surface area contributed by atoms with Crippen molar-refractivity contribution in [2.75, 3.05) is 13.2 Å². The maximum atomic E-state index is 12.8. The van der Waals surface area contributed by atoms with Gasteiger partial charge in [-0.1, -0.05) is 234 Å². The molecule has 0 saturated heterocycles. The highest BCUT2D eigenvalue weighted by atomic mass is 16.6. The lowest BCUT2D eigenvalue weighted by Crippen LogP contribution is -2.30. The average Bonchev–Trinajstić information content (AvgIpc) is 3.33. The molecule has 1 unspecified atom stereocenters. The second-order valence-corrected chi connectivity index (χ2v) is 18.5. The molecule has 0 spiro atoms. The van der Waals surface area contributed by atoms with Crippen LogP contribution in [0.25, 0.3) is 0 Å². The van der Waals surface area contributed by atoms with Gasteiger partial charge in [0.1, 0.15) is 13.2 Å². The molecule has 0 fully saturated rings. The minimum Gasteiger partial charge on any atom is -0.462 e. The molecule has 1 atom stereocenters. The number of carbonyl (C=O) groups is 3.